The molecule has 0 amide bonds. The van der Waals surface area contributed by atoms with Crippen molar-refractivity contribution in [3.63, 3.8) is 0 Å². The Morgan fingerprint density at radius 2 is 1.76 bits per heavy atom. The smallest absolute Gasteiger partial charge is 0.229 e. The predicted molar refractivity (Wildman–Crippen MR) is 122 cm³/mol. The fraction of sp³-hybridized carbons (Fsp3) is 0.0870. The molecule has 0 fully saturated rings. The first-order valence-corrected chi connectivity index (χ1v) is 9.95. The van der Waals surface area contributed by atoms with Crippen LogP contribution in [-0.4, -0.2) is 22.9 Å². The Morgan fingerprint density at radius 1 is 1.00 bits per heavy atom. The Hall–Kier alpha value is -3.25. The second kappa shape index (κ2) is 7.64. The molecule has 0 aliphatic heterocycles. The highest BCUT2D eigenvalue weighted by atomic mass is 79.9. The molecule has 2 N–H and O–H groups in total. The highest BCUT2D eigenvalue weighted by molar-refractivity contribution is 9.10. The van der Waals surface area contributed by atoms with E-state index < -0.39 is 0 Å². The number of aromatic nitrogens is 2. The van der Waals surface area contributed by atoms with Gasteiger partial charge >= 0.3 is 0 Å². The molecule has 29 heavy (non-hydrogen) atoms. The molecule has 0 saturated carbocycles. The molecule has 0 bridgehead atoms. The van der Waals surface area contributed by atoms with Crippen LogP contribution in [0.15, 0.2) is 71.2 Å². The summed E-state index contributed by atoms with van der Waals surface area (Å²) >= 11 is 3.48. The van der Waals surface area contributed by atoms with Crippen molar-refractivity contribution in [3.05, 3.63) is 82.4 Å². The lowest BCUT2D eigenvalue weighted by Crippen LogP contribution is -2.26. The summed E-state index contributed by atoms with van der Waals surface area (Å²) in [6.07, 6.45) is 1.12. The van der Waals surface area contributed by atoms with Crippen molar-refractivity contribution >= 4 is 44.7 Å². The minimum Gasteiger partial charge on any atom is -0.329 e. The third kappa shape index (κ3) is 3.59. The summed E-state index contributed by atoms with van der Waals surface area (Å²) in [7, 11) is 1.95. The van der Waals surface area contributed by atoms with Crippen molar-refractivity contribution in [3.8, 4) is 11.1 Å². The summed E-state index contributed by atoms with van der Waals surface area (Å²) in [5.41, 5.74) is 5.26. The average Bonchev–Trinajstić information content (AvgIpc) is 2.73. The lowest BCUT2D eigenvalue weighted by molar-refractivity contribution is 0.915. The van der Waals surface area contributed by atoms with Gasteiger partial charge in [0, 0.05) is 22.6 Å². The number of hydrogen-bond donors (Lipinski definition) is 2. The molecule has 0 spiro atoms. The number of rotatable bonds is 4. The normalized spacial score (nSPS) is 10.9. The van der Waals surface area contributed by atoms with Crippen LogP contribution in [0.4, 0.5) is 11.5 Å². The van der Waals surface area contributed by atoms with Crippen molar-refractivity contribution in [2.24, 2.45) is 0 Å². The number of aryl methyl sites for hydroxylation is 1. The second-order valence-electron chi connectivity index (χ2n) is 6.89. The Morgan fingerprint density at radius 3 is 2.48 bits per heavy atom. The molecule has 3 aromatic carbocycles. The fourth-order valence-electron chi connectivity index (χ4n) is 3.37. The van der Waals surface area contributed by atoms with Gasteiger partial charge in [-0.3, -0.25) is 15.4 Å². The van der Waals surface area contributed by atoms with Crippen LogP contribution in [0.3, 0.4) is 0 Å². The Balaban J connectivity index is 1.85. The largest absolute Gasteiger partial charge is 0.329 e. The molecule has 6 heteroatoms. The maximum atomic E-state index is 8.28. The van der Waals surface area contributed by atoms with E-state index >= 15 is 0 Å². The minimum absolute atomic E-state index is 0.0159. The van der Waals surface area contributed by atoms with Crippen molar-refractivity contribution < 1.29 is 0 Å². The van der Waals surface area contributed by atoms with E-state index in [1.165, 1.54) is 10.1 Å². The summed E-state index contributed by atoms with van der Waals surface area (Å²) in [6, 6.07) is 22.6. The van der Waals surface area contributed by atoms with E-state index in [2.05, 4.69) is 64.2 Å². The highest BCUT2D eigenvalue weighted by Gasteiger charge is 2.14. The van der Waals surface area contributed by atoms with Crippen molar-refractivity contribution in [1.29, 1.82) is 10.8 Å². The van der Waals surface area contributed by atoms with Crippen LogP contribution in [0.1, 0.15) is 5.56 Å². The van der Waals surface area contributed by atoms with Gasteiger partial charge < -0.3 is 4.90 Å². The maximum Gasteiger partial charge on any atom is 0.229 e. The van der Waals surface area contributed by atoms with Gasteiger partial charge in [0.2, 0.25) is 5.62 Å². The standard InChI is InChI=1S/C23H20BrN5/c1-15-6-8-16(9-7-15)17-4-3-5-19(12-17)28(2)22-20-11-10-18(24)13-21(20)29(14-25)23(26)27-22/h3-14,25-26H,1-2H3. The van der Waals surface area contributed by atoms with Gasteiger partial charge in [-0.25, -0.2) is 0 Å². The van der Waals surface area contributed by atoms with Crippen LogP contribution in [0.5, 0.6) is 0 Å². The second-order valence-corrected chi connectivity index (χ2v) is 7.81. The van der Waals surface area contributed by atoms with E-state index in [4.69, 9.17) is 10.8 Å². The van der Waals surface area contributed by atoms with Crippen LogP contribution in [-0.2, 0) is 0 Å². The zero-order valence-electron chi connectivity index (χ0n) is 16.1. The molecule has 4 rings (SSSR count). The molecule has 0 unspecified atom stereocenters. The highest BCUT2D eigenvalue weighted by Crippen LogP contribution is 2.32. The van der Waals surface area contributed by atoms with Crippen molar-refractivity contribution in [2.45, 2.75) is 6.92 Å². The van der Waals surface area contributed by atoms with E-state index in [1.54, 1.807) is 0 Å². The van der Waals surface area contributed by atoms with E-state index in [1.807, 2.05) is 42.3 Å². The fourth-order valence-corrected chi connectivity index (χ4v) is 3.72. The monoisotopic (exact) mass is 445 g/mol. The zero-order valence-corrected chi connectivity index (χ0v) is 17.7. The molecular formula is C23H20BrN5. The minimum atomic E-state index is 0.0159. The maximum absolute atomic E-state index is 8.28. The molecule has 0 aliphatic rings. The van der Waals surface area contributed by atoms with Gasteiger partial charge in [0.1, 0.15) is 5.82 Å². The Labute approximate surface area is 177 Å². The van der Waals surface area contributed by atoms with E-state index in [9.17, 15) is 0 Å². The van der Waals surface area contributed by atoms with Crippen LogP contribution in [0.2, 0.25) is 0 Å². The van der Waals surface area contributed by atoms with E-state index in [0.717, 1.165) is 38.5 Å². The van der Waals surface area contributed by atoms with Crippen molar-refractivity contribution in [2.75, 3.05) is 11.9 Å². The number of hydrogen-bond acceptors (Lipinski definition) is 4. The quantitative estimate of drug-likeness (QED) is 0.322. The number of benzene rings is 3. The van der Waals surface area contributed by atoms with Crippen LogP contribution >= 0.6 is 15.9 Å². The third-order valence-electron chi connectivity index (χ3n) is 4.97. The van der Waals surface area contributed by atoms with Crippen LogP contribution in [0, 0.1) is 17.7 Å². The summed E-state index contributed by atoms with van der Waals surface area (Å²) in [5, 5.41) is 16.8. The molecule has 5 nitrogen and oxygen atoms in total. The predicted octanol–water partition coefficient (Wildman–Crippen LogP) is 5.48. The SMILES string of the molecule is Cc1ccc(-c2cccc(N(C)c3nc(=N)n(C=N)c4cc(Br)ccc34)c2)cc1. The molecule has 0 saturated heterocycles. The van der Waals surface area contributed by atoms with Gasteiger partial charge in [-0.1, -0.05) is 57.9 Å². The summed E-state index contributed by atoms with van der Waals surface area (Å²) in [6.45, 7) is 2.08. The van der Waals surface area contributed by atoms with Crippen LogP contribution in [0.25, 0.3) is 22.0 Å². The molecule has 1 heterocycles. The topological polar surface area (TPSA) is 68.8 Å². The first-order valence-electron chi connectivity index (χ1n) is 9.16. The summed E-state index contributed by atoms with van der Waals surface area (Å²) < 4.78 is 2.35. The lowest BCUT2D eigenvalue weighted by Gasteiger charge is -2.22. The molecule has 144 valence electrons. The van der Waals surface area contributed by atoms with Crippen LogP contribution < -0.4 is 10.5 Å². The summed E-state index contributed by atoms with van der Waals surface area (Å²) in [4.78, 5) is 6.47. The third-order valence-corrected chi connectivity index (χ3v) is 5.46. The molecular weight excluding hydrogens is 426 g/mol. The van der Waals surface area contributed by atoms with Gasteiger partial charge in [-0.2, -0.15) is 4.98 Å². The lowest BCUT2D eigenvalue weighted by atomic mass is 10.0. The van der Waals surface area contributed by atoms with E-state index in [-0.39, 0.29) is 5.62 Å². The molecule has 0 aliphatic carbocycles. The Kier molecular flexibility index (Phi) is 5.03. The van der Waals surface area contributed by atoms with Gasteiger partial charge in [-0.15, -0.1) is 0 Å². The van der Waals surface area contributed by atoms with Gasteiger partial charge in [-0.05, 0) is 48.4 Å². The molecule has 0 atom stereocenters. The number of nitrogens with zero attached hydrogens (tertiary/aromatic N) is 3. The summed E-state index contributed by atoms with van der Waals surface area (Å²) in [5.74, 6) is 0.677. The number of anilines is 2. The van der Waals surface area contributed by atoms with Gasteiger partial charge in [0.05, 0.1) is 11.9 Å². The van der Waals surface area contributed by atoms with Crippen molar-refractivity contribution in [1.82, 2.24) is 9.55 Å². The molecule has 4 aromatic rings. The van der Waals surface area contributed by atoms with E-state index in [0.29, 0.717) is 5.82 Å². The van der Waals surface area contributed by atoms with Gasteiger partial charge in [0.15, 0.2) is 0 Å². The Bertz CT molecular complexity index is 1270. The zero-order chi connectivity index (χ0) is 20.5. The number of nitrogens with one attached hydrogen (secondary N) is 2. The first-order chi connectivity index (χ1) is 14.0. The number of halogens is 1. The number of fused-ring (bicyclic) bond motifs is 1. The first kappa shape index (κ1) is 19.1. The average molecular weight is 446 g/mol. The van der Waals surface area contributed by atoms with Gasteiger partial charge in [0.25, 0.3) is 0 Å². The molecule has 1 aromatic heterocycles. The molecule has 0 radical (unpaired) electrons.